The summed E-state index contributed by atoms with van der Waals surface area (Å²) in [5.41, 5.74) is 0.186. The number of nitrogens with one attached hydrogen (secondary N) is 1. The summed E-state index contributed by atoms with van der Waals surface area (Å²) in [7, 11) is 0. The summed E-state index contributed by atoms with van der Waals surface area (Å²) in [4.78, 5) is 0. The normalized spacial score (nSPS) is 18.3. The molecule has 0 heterocycles. The minimum absolute atomic E-state index is 0.0717. The van der Waals surface area contributed by atoms with E-state index in [0.29, 0.717) is 4.47 Å². The molecule has 0 unspecified atom stereocenters. The van der Waals surface area contributed by atoms with Gasteiger partial charge < -0.3 is 5.32 Å². The predicted octanol–water partition coefficient (Wildman–Crippen LogP) is 5.21. The summed E-state index contributed by atoms with van der Waals surface area (Å²) in [6.07, 6.45) is 0.0352. The predicted molar refractivity (Wildman–Crippen MR) is 69.6 cm³/mol. The highest BCUT2D eigenvalue weighted by Crippen LogP contribution is 2.41. The molecule has 5 heteroatoms. The van der Waals surface area contributed by atoms with E-state index < -0.39 is 11.7 Å². The lowest BCUT2D eigenvalue weighted by molar-refractivity contribution is -0.137. The van der Waals surface area contributed by atoms with Gasteiger partial charge in [-0.25, -0.2) is 0 Å². The Bertz CT molecular complexity index is 433. The second-order valence-electron chi connectivity index (χ2n) is 4.80. The molecular formula is C13H15BrF3N. The maximum Gasteiger partial charge on any atom is 0.416 e. The van der Waals surface area contributed by atoms with Gasteiger partial charge in [0, 0.05) is 15.7 Å². The highest BCUT2D eigenvalue weighted by atomic mass is 79.9. The second kappa shape index (κ2) is 4.76. The monoisotopic (exact) mass is 321 g/mol. The van der Waals surface area contributed by atoms with Gasteiger partial charge in [-0.15, -0.1) is 0 Å². The van der Waals surface area contributed by atoms with E-state index in [1.807, 2.05) is 0 Å². The van der Waals surface area contributed by atoms with Gasteiger partial charge in [0.05, 0.1) is 5.56 Å². The Morgan fingerprint density at radius 3 is 2.39 bits per heavy atom. The van der Waals surface area contributed by atoms with Crippen molar-refractivity contribution in [3.63, 3.8) is 0 Å². The summed E-state index contributed by atoms with van der Waals surface area (Å²) in [5, 5.41) is 3.37. The zero-order valence-corrected chi connectivity index (χ0v) is 11.7. The molecule has 0 aliphatic heterocycles. The standard InChI is InChI=1S/C13H15BrF3N/c1-2-12(6-3-7-12)18-11-5-4-9(8-10(11)14)13(15,16)17/h4-5,8,18H,2-3,6-7H2,1H3. The lowest BCUT2D eigenvalue weighted by atomic mass is 9.74. The molecule has 1 nitrogen and oxygen atoms in total. The van der Waals surface area contributed by atoms with Crippen molar-refractivity contribution >= 4 is 21.6 Å². The maximum atomic E-state index is 12.5. The fourth-order valence-electron chi connectivity index (χ4n) is 2.25. The smallest absolute Gasteiger partial charge is 0.379 e. The molecule has 2 rings (SSSR count). The Morgan fingerprint density at radius 1 is 1.33 bits per heavy atom. The van der Waals surface area contributed by atoms with Crippen LogP contribution in [0.25, 0.3) is 0 Å². The third-order valence-electron chi connectivity index (χ3n) is 3.68. The third-order valence-corrected chi connectivity index (χ3v) is 4.34. The molecule has 0 radical (unpaired) electrons. The molecule has 1 aromatic rings. The van der Waals surface area contributed by atoms with E-state index in [9.17, 15) is 13.2 Å². The molecule has 100 valence electrons. The maximum absolute atomic E-state index is 12.5. The van der Waals surface area contributed by atoms with Crippen LogP contribution >= 0.6 is 15.9 Å². The lowest BCUT2D eigenvalue weighted by Crippen LogP contribution is -2.44. The summed E-state index contributed by atoms with van der Waals surface area (Å²) < 4.78 is 38.1. The van der Waals surface area contributed by atoms with Crippen LogP contribution in [0.5, 0.6) is 0 Å². The van der Waals surface area contributed by atoms with Gasteiger partial charge in [-0.2, -0.15) is 13.2 Å². The molecule has 1 fully saturated rings. The molecule has 1 aliphatic carbocycles. The highest BCUT2D eigenvalue weighted by Gasteiger charge is 2.36. The van der Waals surface area contributed by atoms with Crippen molar-refractivity contribution in [1.82, 2.24) is 0 Å². The van der Waals surface area contributed by atoms with Gasteiger partial charge in [0.1, 0.15) is 0 Å². The zero-order chi connectivity index (χ0) is 13.4. The first kappa shape index (κ1) is 13.7. The molecule has 0 amide bonds. The molecule has 18 heavy (non-hydrogen) atoms. The Balaban J connectivity index is 2.20. The largest absolute Gasteiger partial charge is 0.416 e. The van der Waals surface area contributed by atoms with E-state index in [2.05, 4.69) is 28.2 Å². The number of alkyl halides is 3. The van der Waals surface area contributed by atoms with Crippen LogP contribution in [0.15, 0.2) is 22.7 Å². The molecule has 0 bridgehead atoms. The van der Waals surface area contributed by atoms with Crippen molar-refractivity contribution in [3.05, 3.63) is 28.2 Å². The Hall–Kier alpha value is -0.710. The fraction of sp³-hybridized carbons (Fsp3) is 0.538. The van der Waals surface area contributed by atoms with Gasteiger partial charge in [-0.05, 0) is 59.8 Å². The number of anilines is 1. The van der Waals surface area contributed by atoms with E-state index in [0.717, 1.165) is 37.1 Å². The van der Waals surface area contributed by atoms with Gasteiger partial charge >= 0.3 is 6.18 Å². The zero-order valence-electron chi connectivity index (χ0n) is 10.1. The molecule has 1 aliphatic rings. The number of hydrogen-bond acceptors (Lipinski definition) is 1. The molecule has 1 saturated carbocycles. The van der Waals surface area contributed by atoms with E-state index in [4.69, 9.17) is 0 Å². The second-order valence-corrected chi connectivity index (χ2v) is 5.66. The first-order valence-corrected chi connectivity index (χ1v) is 6.80. The van der Waals surface area contributed by atoms with Gasteiger partial charge in [0.2, 0.25) is 0 Å². The number of halogens is 4. The Labute approximate surface area is 113 Å². The van der Waals surface area contributed by atoms with Crippen LogP contribution in [-0.4, -0.2) is 5.54 Å². The van der Waals surface area contributed by atoms with Crippen LogP contribution in [0, 0.1) is 0 Å². The first-order chi connectivity index (χ1) is 8.36. The summed E-state index contributed by atoms with van der Waals surface area (Å²) in [6.45, 7) is 2.10. The van der Waals surface area contributed by atoms with Crippen LogP contribution in [0.3, 0.4) is 0 Å². The van der Waals surface area contributed by atoms with Crippen LogP contribution in [0.2, 0.25) is 0 Å². The van der Waals surface area contributed by atoms with E-state index in [1.165, 1.54) is 12.5 Å². The van der Waals surface area contributed by atoms with Crippen LogP contribution < -0.4 is 5.32 Å². The molecule has 0 spiro atoms. The van der Waals surface area contributed by atoms with Crippen LogP contribution in [0.4, 0.5) is 18.9 Å². The van der Waals surface area contributed by atoms with Gasteiger partial charge in [0.25, 0.3) is 0 Å². The van der Waals surface area contributed by atoms with Gasteiger partial charge in [-0.1, -0.05) is 6.92 Å². The molecule has 1 aromatic carbocycles. The SMILES string of the molecule is CCC1(Nc2ccc(C(F)(F)F)cc2Br)CCC1. The number of benzene rings is 1. The Kier molecular flexibility index (Phi) is 3.63. The van der Waals surface area contributed by atoms with Crippen molar-refractivity contribution in [3.8, 4) is 0 Å². The summed E-state index contributed by atoms with van der Waals surface area (Å²) >= 11 is 3.21. The van der Waals surface area contributed by atoms with Gasteiger partial charge in [0.15, 0.2) is 0 Å². The molecule has 0 aromatic heterocycles. The molecule has 0 atom stereocenters. The van der Waals surface area contributed by atoms with Crippen molar-refractivity contribution in [2.45, 2.75) is 44.3 Å². The quantitative estimate of drug-likeness (QED) is 0.805. The first-order valence-electron chi connectivity index (χ1n) is 6.01. The highest BCUT2D eigenvalue weighted by molar-refractivity contribution is 9.10. The topological polar surface area (TPSA) is 12.0 Å². The van der Waals surface area contributed by atoms with Crippen molar-refractivity contribution < 1.29 is 13.2 Å². The minimum atomic E-state index is -4.29. The van der Waals surface area contributed by atoms with E-state index in [1.54, 1.807) is 0 Å². The van der Waals surface area contributed by atoms with Crippen molar-refractivity contribution in [1.29, 1.82) is 0 Å². The number of rotatable bonds is 3. The van der Waals surface area contributed by atoms with Crippen LogP contribution in [-0.2, 0) is 6.18 Å². The van der Waals surface area contributed by atoms with Crippen LogP contribution in [0.1, 0.15) is 38.2 Å². The molecule has 1 N–H and O–H groups in total. The lowest BCUT2D eigenvalue weighted by Gasteiger charge is -2.43. The average Bonchev–Trinajstić information content (AvgIpc) is 2.24. The number of hydrogen-bond donors (Lipinski definition) is 1. The van der Waals surface area contributed by atoms with Gasteiger partial charge in [-0.3, -0.25) is 0 Å². The van der Waals surface area contributed by atoms with E-state index in [-0.39, 0.29) is 5.54 Å². The van der Waals surface area contributed by atoms with Crippen molar-refractivity contribution in [2.24, 2.45) is 0 Å². The summed E-state index contributed by atoms with van der Waals surface area (Å²) in [6, 6.07) is 3.75. The average molecular weight is 322 g/mol. The molecule has 0 saturated heterocycles. The van der Waals surface area contributed by atoms with Crippen molar-refractivity contribution in [2.75, 3.05) is 5.32 Å². The Morgan fingerprint density at radius 2 is 2.00 bits per heavy atom. The minimum Gasteiger partial charge on any atom is -0.379 e. The summed E-state index contributed by atoms with van der Waals surface area (Å²) in [5.74, 6) is 0. The fourth-order valence-corrected chi connectivity index (χ4v) is 2.73. The molecular weight excluding hydrogens is 307 g/mol. The third kappa shape index (κ3) is 2.66. The van der Waals surface area contributed by atoms with E-state index >= 15 is 0 Å².